The number of amides is 1. The van der Waals surface area contributed by atoms with Crippen LogP contribution in [0.5, 0.6) is 0 Å². The summed E-state index contributed by atoms with van der Waals surface area (Å²) in [5, 5.41) is 3.56. The number of esters is 1. The number of piperazine rings is 1. The van der Waals surface area contributed by atoms with E-state index >= 15 is 0 Å². The summed E-state index contributed by atoms with van der Waals surface area (Å²) in [6, 6.07) is 14.7. The van der Waals surface area contributed by atoms with Crippen LogP contribution in [0.1, 0.15) is 17.3 Å². The zero-order chi connectivity index (χ0) is 19.9. The van der Waals surface area contributed by atoms with Crippen LogP contribution in [0.4, 0.5) is 11.4 Å². The highest BCUT2D eigenvalue weighted by Gasteiger charge is 2.20. The number of para-hydroxylation sites is 1. The molecule has 28 heavy (non-hydrogen) atoms. The van der Waals surface area contributed by atoms with E-state index < -0.39 is 5.97 Å². The summed E-state index contributed by atoms with van der Waals surface area (Å²) < 4.78 is 5.05. The quantitative estimate of drug-likeness (QED) is 0.752. The first-order chi connectivity index (χ1) is 13.6. The molecule has 1 heterocycles. The first-order valence-corrected chi connectivity index (χ1v) is 9.73. The van der Waals surface area contributed by atoms with Gasteiger partial charge in [0.05, 0.1) is 24.4 Å². The Kier molecular flexibility index (Phi) is 6.90. The topological polar surface area (TPSA) is 61.9 Å². The van der Waals surface area contributed by atoms with Crippen LogP contribution >= 0.6 is 11.6 Å². The van der Waals surface area contributed by atoms with Gasteiger partial charge in [0.15, 0.2) is 0 Å². The Balaban J connectivity index is 1.53. The van der Waals surface area contributed by atoms with Crippen molar-refractivity contribution in [1.29, 1.82) is 0 Å². The van der Waals surface area contributed by atoms with Gasteiger partial charge in [0.2, 0.25) is 5.91 Å². The number of carbonyl (C=O) groups is 2. The van der Waals surface area contributed by atoms with Gasteiger partial charge in [-0.15, -0.1) is 0 Å². The van der Waals surface area contributed by atoms with E-state index in [-0.39, 0.29) is 19.1 Å². The number of hydrogen-bond donors (Lipinski definition) is 1. The third-order valence-corrected chi connectivity index (χ3v) is 4.84. The van der Waals surface area contributed by atoms with Gasteiger partial charge in [-0.1, -0.05) is 29.8 Å². The van der Waals surface area contributed by atoms with Crippen LogP contribution in [0.25, 0.3) is 0 Å². The maximum Gasteiger partial charge on any atom is 0.340 e. The molecule has 0 atom stereocenters. The third-order valence-electron chi connectivity index (χ3n) is 4.61. The molecule has 3 rings (SSSR count). The summed E-state index contributed by atoms with van der Waals surface area (Å²) in [5.74, 6) is -0.582. The molecule has 0 aliphatic carbocycles. The van der Waals surface area contributed by atoms with Gasteiger partial charge in [-0.05, 0) is 37.3 Å². The van der Waals surface area contributed by atoms with Crippen LogP contribution in [-0.2, 0) is 9.53 Å². The average Bonchev–Trinajstić information content (AvgIpc) is 2.69. The Morgan fingerprint density at radius 2 is 1.82 bits per heavy atom. The van der Waals surface area contributed by atoms with Crippen LogP contribution in [0.15, 0.2) is 48.5 Å². The van der Waals surface area contributed by atoms with E-state index in [1.54, 1.807) is 31.2 Å². The van der Waals surface area contributed by atoms with Crippen LogP contribution in [-0.4, -0.2) is 56.1 Å². The number of rotatable bonds is 6. The van der Waals surface area contributed by atoms with E-state index in [1.807, 2.05) is 24.3 Å². The molecule has 0 unspecified atom stereocenters. The molecule has 6 nitrogen and oxygen atoms in total. The lowest BCUT2D eigenvalue weighted by atomic mass is 10.1. The molecule has 0 spiro atoms. The molecular weight excluding hydrogens is 378 g/mol. The van der Waals surface area contributed by atoms with Gasteiger partial charge in [0.1, 0.15) is 0 Å². The lowest BCUT2D eigenvalue weighted by Crippen LogP contribution is -2.48. The Bertz CT molecular complexity index is 835. The second-order valence-electron chi connectivity index (χ2n) is 6.56. The number of benzene rings is 2. The zero-order valence-electron chi connectivity index (χ0n) is 15.9. The number of hydrogen-bond acceptors (Lipinski definition) is 5. The molecule has 2 aromatic rings. The maximum absolute atomic E-state index is 12.5. The van der Waals surface area contributed by atoms with E-state index in [2.05, 4.69) is 15.1 Å². The average molecular weight is 402 g/mol. The smallest absolute Gasteiger partial charge is 0.340 e. The summed E-state index contributed by atoms with van der Waals surface area (Å²) in [6.07, 6.45) is 0. The molecule has 7 heteroatoms. The van der Waals surface area contributed by atoms with Gasteiger partial charge in [-0.25, -0.2) is 4.79 Å². The number of anilines is 2. The Morgan fingerprint density at radius 3 is 2.54 bits per heavy atom. The molecule has 2 aromatic carbocycles. The summed E-state index contributed by atoms with van der Waals surface area (Å²) >= 11 is 6.07. The van der Waals surface area contributed by atoms with E-state index in [0.717, 1.165) is 36.9 Å². The van der Waals surface area contributed by atoms with E-state index in [4.69, 9.17) is 16.3 Å². The monoisotopic (exact) mass is 401 g/mol. The SMILES string of the molecule is CCOC(=O)c1ccccc1NC(=O)CN1CCN(c2cccc(Cl)c2)CC1. The van der Waals surface area contributed by atoms with Crippen molar-refractivity contribution in [2.45, 2.75) is 6.92 Å². The van der Waals surface area contributed by atoms with Gasteiger partial charge in [-0.3, -0.25) is 9.69 Å². The summed E-state index contributed by atoms with van der Waals surface area (Å²) in [4.78, 5) is 28.9. The number of carbonyl (C=O) groups excluding carboxylic acids is 2. The number of nitrogens with one attached hydrogen (secondary N) is 1. The fourth-order valence-electron chi connectivity index (χ4n) is 3.21. The zero-order valence-corrected chi connectivity index (χ0v) is 16.6. The van der Waals surface area contributed by atoms with Crippen LogP contribution < -0.4 is 10.2 Å². The van der Waals surface area contributed by atoms with Gasteiger partial charge in [0.25, 0.3) is 0 Å². The van der Waals surface area contributed by atoms with Crippen molar-refractivity contribution in [2.75, 3.05) is 49.5 Å². The van der Waals surface area contributed by atoms with Crippen molar-refractivity contribution in [3.63, 3.8) is 0 Å². The highest BCUT2D eigenvalue weighted by molar-refractivity contribution is 6.30. The van der Waals surface area contributed by atoms with Crippen LogP contribution in [0.3, 0.4) is 0 Å². The minimum atomic E-state index is -0.437. The van der Waals surface area contributed by atoms with Crippen LogP contribution in [0, 0.1) is 0 Å². The Labute approximate surface area is 170 Å². The van der Waals surface area contributed by atoms with E-state index in [0.29, 0.717) is 11.3 Å². The fraction of sp³-hybridized carbons (Fsp3) is 0.333. The van der Waals surface area contributed by atoms with Gasteiger partial charge < -0.3 is 15.0 Å². The molecular formula is C21H24ClN3O3. The summed E-state index contributed by atoms with van der Waals surface area (Å²) in [7, 11) is 0. The number of ether oxygens (including phenoxy) is 1. The normalized spacial score (nSPS) is 14.6. The number of halogens is 1. The van der Waals surface area contributed by atoms with Crippen molar-refractivity contribution < 1.29 is 14.3 Å². The molecule has 1 N–H and O–H groups in total. The predicted octanol–water partition coefficient (Wildman–Crippen LogP) is 3.28. The van der Waals surface area contributed by atoms with Crippen molar-refractivity contribution in [3.05, 3.63) is 59.1 Å². The van der Waals surface area contributed by atoms with Gasteiger partial charge in [-0.2, -0.15) is 0 Å². The van der Waals surface area contributed by atoms with Crippen molar-refractivity contribution in [1.82, 2.24) is 4.90 Å². The summed E-state index contributed by atoms with van der Waals surface area (Å²) in [6.45, 7) is 5.53. The maximum atomic E-state index is 12.5. The molecule has 0 radical (unpaired) electrons. The number of nitrogens with zero attached hydrogens (tertiary/aromatic N) is 2. The van der Waals surface area contributed by atoms with Crippen molar-refractivity contribution >= 4 is 34.9 Å². The van der Waals surface area contributed by atoms with Crippen LogP contribution in [0.2, 0.25) is 5.02 Å². The molecule has 0 aromatic heterocycles. The fourth-order valence-corrected chi connectivity index (χ4v) is 3.39. The molecule has 1 amide bonds. The predicted molar refractivity (Wildman–Crippen MR) is 111 cm³/mol. The molecule has 1 aliphatic heterocycles. The van der Waals surface area contributed by atoms with Crippen molar-refractivity contribution in [3.8, 4) is 0 Å². The molecule has 0 bridgehead atoms. The third kappa shape index (κ3) is 5.24. The minimum Gasteiger partial charge on any atom is -0.462 e. The first kappa shape index (κ1) is 20.2. The molecule has 0 saturated carbocycles. The largest absolute Gasteiger partial charge is 0.462 e. The standard InChI is InChI=1S/C21H24ClN3O3/c1-2-28-21(27)18-8-3-4-9-19(18)23-20(26)15-24-10-12-25(13-11-24)17-7-5-6-16(22)14-17/h3-9,14H,2,10-13,15H2,1H3,(H,23,26). The highest BCUT2D eigenvalue weighted by Crippen LogP contribution is 2.21. The second kappa shape index (κ2) is 9.57. The van der Waals surface area contributed by atoms with Crippen molar-refractivity contribution in [2.24, 2.45) is 0 Å². The molecule has 148 valence electrons. The summed E-state index contributed by atoms with van der Waals surface area (Å²) in [5.41, 5.74) is 1.94. The molecule has 1 saturated heterocycles. The van der Waals surface area contributed by atoms with Gasteiger partial charge >= 0.3 is 5.97 Å². The molecule has 1 aliphatic rings. The highest BCUT2D eigenvalue weighted by atomic mass is 35.5. The minimum absolute atomic E-state index is 0.145. The first-order valence-electron chi connectivity index (χ1n) is 9.35. The Morgan fingerprint density at radius 1 is 1.07 bits per heavy atom. The Hall–Kier alpha value is -2.57. The van der Waals surface area contributed by atoms with E-state index in [1.165, 1.54) is 0 Å². The molecule has 1 fully saturated rings. The lowest BCUT2D eigenvalue weighted by molar-refractivity contribution is -0.117. The van der Waals surface area contributed by atoms with E-state index in [9.17, 15) is 9.59 Å². The second-order valence-corrected chi connectivity index (χ2v) is 6.99. The lowest BCUT2D eigenvalue weighted by Gasteiger charge is -2.35. The van der Waals surface area contributed by atoms with Gasteiger partial charge in [0, 0.05) is 36.9 Å².